The first-order valence-corrected chi connectivity index (χ1v) is 13.2. The fourth-order valence-electron chi connectivity index (χ4n) is 4.02. The van der Waals surface area contributed by atoms with Gasteiger partial charge in [-0.05, 0) is 25.7 Å². The van der Waals surface area contributed by atoms with Crippen LogP contribution in [0.15, 0.2) is 12.2 Å². The Balaban J connectivity index is 1.75. The topological polar surface area (TPSA) is 166 Å². The minimum Gasteiger partial charge on any atom is -0.382 e. The summed E-state index contributed by atoms with van der Waals surface area (Å²) in [4.78, 5) is 90.1. The number of carbonyl (C=O) groups is 7. The number of carbonyl (C=O) groups excluding carboxylic acids is 7. The smallest absolute Gasteiger partial charge is 0.336 e. The van der Waals surface area contributed by atoms with E-state index in [9.17, 15) is 33.6 Å². The number of nitrogens with one attached hydrogen (secondary N) is 1. The van der Waals surface area contributed by atoms with Gasteiger partial charge in [-0.3, -0.25) is 33.7 Å². The fourth-order valence-corrected chi connectivity index (χ4v) is 4.02. The van der Waals surface area contributed by atoms with Crippen molar-refractivity contribution in [1.29, 1.82) is 0 Å². The van der Waals surface area contributed by atoms with Gasteiger partial charge < -0.3 is 19.6 Å². The molecule has 2 rings (SSSR count). The second-order valence-electron chi connectivity index (χ2n) is 9.30. The molecule has 0 radical (unpaired) electrons. The molecule has 13 heteroatoms. The molecule has 0 bridgehead atoms. The van der Waals surface area contributed by atoms with E-state index in [4.69, 9.17) is 14.3 Å². The summed E-state index contributed by atoms with van der Waals surface area (Å²) in [5, 5.41) is 3.18. The van der Waals surface area contributed by atoms with E-state index in [0.717, 1.165) is 4.90 Å². The highest BCUT2D eigenvalue weighted by molar-refractivity contribution is 6.12. The first kappa shape index (κ1) is 31.8. The molecule has 1 atom stereocenters. The van der Waals surface area contributed by atoms with Crippen LogP contribution in [0.5, 0.6) is 0 Å². The zero-order valence-electron chi connectivity index (χ0n) is 22.3. The standard InChI is InChI=1S/C26H37N3O10/c1-37-15-16-38-18-21(31)27-13-5-4-7-19(26(36)39-29-24(34)11-12-25(29)35)17-20(30)8-3-2-6-14-28-22(32)9-10-23(28)33/h9-10,19H,2-8,11-18H2,1H3,(H,27,31)/t19-/m1/s1. The Labute approximate surface area is 227 Å². The number of ketones is 1. The van der Waals surface area contributed by atoms with E-state index in [2.05, 4.69) is 5.32 Å². The maximum absolute atomic E-state index is 12.8. The Bertz CT molecular complexity index is 914. The van der Waals surface area contributed by atoms with Gasteiger partial charge in [0.05, 0.1) is 19.1 Å². The highest BCUT2D eigenvalue weighted by Gasteiger charge is 2.35. The minimum absolute atomic E-state index is 0.0325. The molecule has 1 saturated heterocycles. The molecule has 13 nitrogen and oxygen atoms in total. The molecule has 0 aromatic rings. The average Bonchev–Trinajstić information content (AvgIpc) is 3.40. The van der Waals surface area contributed by atoms with Crippen molar-refractivity contribution in [1.82, 2.24) is 15.3 Å². The van der Waals surface area contributed by atoms with Crippen molar-refractivity contribution in [2.75, 3.05) is 40.0 Å². The van der Waals surface area contributed by atoms with Gasteiger partial charge in [-0.2, -0.15) is 0 Å². The molecule has 0 saturated carbocycles. The van der Waals surface area contributed by atoms with Gasteiger partial charge in [0.15, 0.2) is 0 Å². The zero-order chi connectivity index (χ0) is 28.6. The van der Waals surface area contributed by atoms with Crippen LogP contribution in [0.1, 0.15) is 64.2 Å². The molecule has 2 aliphatic rings. The lowest BCUT2D eigenvalue weighted by molar-refractivity contribution is -0.201. The molecule has 216 valence electrons. The third kappa shape index (κ3) is 11.4. The number of hydroxylamine groups is 2. The number of unbranched alkanes of at least 4 members (excludes halogenated alkanes) is 3. The van der Waals surface area contributed by atoms with E-state index in [1.54, 1.807) is 0 Å². The SMILES string of the molecule is COCCOCC(=O)NCCCC[C@H](CC(=O)CCCCCN1C(=O)C=CC1=O)C(=O)ON1C(=O)CCC1=O. The lowest BCUT2D eigenvalue weighted by atomic mass is 9.94. The number of nitrogens with zero attached hydrogens (tertiary/aromatic N) is 2. The van der Waals surface area contributed by atoms with Crippen molar-refractivity contribution in [2.24, 2.45) is 5.92 Å². The van der Waals surface area contributed by atoms with Gasteiger partial charge in [0.1, 0.15) is 12.4 Å². The molecule has 5 amide bonds. The summed E-state index contributed by atoms with van der Waals surface area (Å²) in [6, 6.07) is 0. The third-order valence-corrected chi connectivity index (χ3v) is 6.20. The first-order chi connectivity index (χ1) is 18.7. The number of hydrogen-bond donors (Lipinski definition) is 1. The molecule has 0 aromatic heterocycles. The third-order valence-electron chi connectivity index (χ3n) is 6.20. The van der Waals surface area contributed by atoms with E-state index in [1.165, 1.54) is 19.3 Å². The van der Waals surface area contributed by atoms with Crippen LogP contribution in [-0.4, -0.2) is 91.3 Å². The number of ether oxygens (including phenoxy) is 2. The molecular weight excluding hydrogens is 514 g/mol. The summed E-state index contributed by atoms with van der Waals surface area (Å²) in [6.07, 6.45) is 5.46. The van der Waals surface area contributed by atoms with Crippen molar-refractivity contribution in [3.8, 4) is 0 Å². The van der Waals surface area contributed by atoms with Crippen LogP contribution in [0.25, 0.3) is 0 Å². The van der Waals surface area contributed by atoms with E-state index in [0.29, 0.717) is 56.9 Å². The summed E-state index contributed by atoms with van der Waals surface area (Å²) in [6.45, 7) is 1.23. The van der Waals surface area contributed by atoms with Crippen molar-refractivity contribution in [3.63, 3.8) is 0 Å². The van der Waals surface area contributed by atoms with E-state index < -0.39 is 23.7 Å². The van der Waals surface area contributed by atoms with Crippen LogP contribution in [-0.2, 0) is 47.9 Å². The maximum atomic E-state index is 12.8. The van der Waals surface area contributed by atoms with E-state index in [1.807, 2.05) is 0 Å². The predicted molar refractivity (Wildman–Crippen MR) is 134 cm³/mol. The van der Waals surface area contributed by atoms with Gasteiger partial charge in [0, 0.05) is 58.0 Å². The molecule has 39 heavy (non-hydrogen) atoms. The highest BCUT2D eigenvalue weighted by atomic mass is 16.7. The molecule has 0 aliphatic carbocycles. The number of amides is 5. The fraction of sp³-hybridized carbons (Fsp3) is 0.654. The summed E-state index contributed by atoms with van der Waals surface area (Å²) in [5.41, 5.74) is 0. The van der Waals surface area contributed by atoms with Crippen LogP contribution in [0, 0.1) is 5.92 Å². The predicted octanol–water partition coefficient (Wildman–Crippen LogP) is 0.604. The Kier molecular flexibility index (Phi) is 14.0. The van der Waals surface area contributed by atoms with Gasteiger partial charge in [-0.25, -0.2) is 4.79 Å². The number of Topliss-reactive ketones (excluding diaryl/α,β-unsaturated/α-hetero) is 1. The maximum Gasteiger partial charge on any atom is 0.336 e. The first-order valence-electron chi connectivity index (χ1n) is 13.2. The number of imide groups is 2. The molecular formula is C26H37N3O10. The lowest BCUT2D eigenvalue weighted by Crippen LogP contribution is -2.35. The monoisotopic (exact) mass is 551 g/mol. The Morgan fingerprint density at radius 3 is 2.28 bits per heavy atom. The van der Waals surface area contributed by atoms with Crippen LogP contribution < -0.4 is 5.32 Å². The Morgan fingerprint density at radius 1 is 0.923 bits per heavy atom. The summed E-state index contributed by atoms with van der Waals surface area (Å²) in [5.74, 6) is -4.01. The van der Waals surface area contributed by atoms with E-state index >= 15 is 0 Å². The zero-order valence-corrected chi connectivity index (χ0v) is 22.3. The molecule has 0 unspecified atom stereocenters. The van der Waals surface area contributed by atoms with Gasteiger partial charge in [0.2, 0.25) is 5.91 Å². The number of hydrogen-bond acceptors (Lipinski definition) is 10. The van der Waals surface area contributed by atoms with Gasteiger partial charge in [-0.15, -0.1) is 5.06 Å². The Hall–Kier alpha value is -3.45. The molecule has 0 spiro atoms. The Morgan fingerprint density at radius 2 is 1.62 bits per heavy atom. The average molecular weight is 552 g/mol. The normalized spacial score (nSPS) is 15.8. The summed E-state index contributed by atoms with van der Waals surface area (Å²) in [7, 11) is 1.53. The van der Waals surface area contributed by atoms with Crippen molar-refractivity contribution in [3.05, 3.63) is 12.2 Å². The summed E-state index contributed by atoms with van der Waals surface area (Å²) >= 11 is 0. The highest BCUT2D eigenvalue weighted by Crippen LogP contribution is 2.21. The van der Waals surface area contributed by atoms with Crippen LogP contribution >= 0.6 is 0 Å². The molecule has 0 aromatic carbocycles. The minimum atomic E-state index is -0.849. The second kappa shape index (κ2) is 17.2. The molecule has 1 fully saturated rings. The summed E-state index contributed by atoms with van der Waals surface area (Å²) < 4.78 is 9.97. The van der Waals surface area contributed by atoms with Crippen LogP contribution in [0.3, 0.4) is 0 Å². The van der Waals surface area contributed by atoms with Crippen molar-refractivity contribution in [2.45, 2.75) is 64.2 Å². The number of methoxy groups -OCH3 is 1. The van der Waals surface area contributed by atoms with Crippen LogP contribution in [0.4, 0.5) is 0 Å². The van der Waals surface area contributed by atoms with Crippen LogP contribution in [0.2, 0.25) is 0 Å². The largest absolute Gasteiger partial charge is 0.382 e. The van der Waals surface area contributed by atoms with E-state index in [-0.39, 0.29) is 68.8 Å². The van der Waals surface area contributed by atoms with Gasteiger partial charge >= 0.3 is 5.97 Å². The quantitative estimate of drug-likeness (QED) is 0.167. The second-order valence-corrected chi connectivity index (χ2v) is 9.30. The van der Waals surface area contributed by atoms with Gasteiger partial charge in [0.25, 0.3) is 23.6 Å². The van der Waals surface area contributed by atoms with Crippen molar-refractivity contribution >= 4 is 41.3 Å². The lowest BCUT2D eigenvalue weighted by Gasteiger charge is -2.19. The van der Waals surface area contributed by atoms with Crippen molar-refractivity contribution < 1.29 is 47.9 Å². The number of rotatable bonds is 20. The molecule has 2 aliphatic heterocycles. The molecule has 2 heterocycles. The molecule has 1 N–H and O–H groups in total. The van der Waals surface area contributed by atoms with Gasteiger partial charge in [-0.1, -0.05) is 12.8 Å².